The summed E-state index contributed by atoms with van der Waals surface area (Å²) >= 11 is 0. The van der Waals surface area contributed by atoms with E-state index >= 15 is 0 Å². The molecule has 2 aromatic rings. The van der Waals surface area contributed by atoms with Crippen molar-refractivity contribution in [1.82, 2.24) is 9.88 Å². The van der Waals surface area contributed by atoms with Gasteiger partial charge in [0, 0.05) is 31.3 Å². The van der Waals surface area contributed by atoms with Gasteiger partial charge in [0.25, 0.3) is 5.91 Å². The van der Waals surface area contributed by atoms with Gasteiger partial charge in [-0.3, -0.25) is 9.78 Å². The van der Waals surface area contributed by atoms with Crippen LogP contribution < -0.4 is 4.74 Å². The fourth-order valence-corrected chi connectivity index (χ4v) is 2.76. The molecule has 1 aromatic heterocycles. The van der Waals surface area contributed by atoms with E-state index in [1.54, 1.807) is 25.4 Å². The maximum Gasteiger partial charge on any atom is 0.272 e. The number of methoxy groups -OCH3 is 1. The number of amides is 1. The van der Waals surface area contributed by atoms with E-state index in [4.69, 9.17) is 4.74 Å². The van der Waals surface area contributed by atoms with E-state index in [1.807, 2.05) is 23.1 Å². The van der Waals surface area contributed by atoms with Crippen LogP contribution in [0.15, 0.2) is 48.7 Å². The Balaban J connectivity index is 1.72. The minimum Gasteiger partial charge on any atom is -0.497 e. The number of rotatable bonds is 3. The van der Waals surface area contributed by atoms with Crippen molar-refractivity contribution in [3.63, 3.8) is 0 Å². The molecule has 1 aliphatic rings. The molecule has 4 heteroatoms. The quantitative estimate of drug-likeness (QED) is 0.869. The van der Waals surface area contributed by atoms with Crippen LogP contribution in [0.3, 0.4) is 0 Å². The van der Waals surface area contributed by atoms with Gasteiger partial charge in [0.2, 0.25) is 0 Å². The van der Waals surface area contributed by atoms with Crippen molar-refractivity contribution in [3.8, 4) is 5.75 Å². The summed E-state index contributed by atoms with van der Waals surface area (Å²) in [5, 5.41) is 0. The average Bonchev–Trinajstić information content (AvgIpc) is 3.05. The van der Waals surface area contributed by atoms with Gasteiger partial charge >= 0.3 is 0 Å². The van der Waals surface area contributed by atoms with Crippen molar-refractivity contribution in [3.05, 3.63) is 59.9 Å². The largest absolute Gasteiger partial charge is 0.497 e. The molecule has 0 spiro atoms. The summed E-state index contributed by atoms with van der Waals surface area (Å²) in [7, 11) is 1.59. The zero-order valence-corrected chi connectivity index (χ0v) is 12.0. The lowest BCUT2D eigenvalue weighted by Crippen LogP contribution is -2.29. The van der Waals surface area contributed by atoms with Gasteiger partial charge in [0.15, 0.2) is 0 Å². The van der Waals surface area contributed by atoms with E-state index in [0.717, 1.165) is 19.5 Å². The molecular weight excluding hydrogens is 264 g/mol. The number of hydrogen-bond acceptors (Lipinski definition) is 3. The van der Waals surface area contributed by atoms with E-state index in [1.165, 1.54) is 5.56 Å². The fourth-order valence-electron chi connectivity index (χ4n) is 2.76. The first-order valence-electron chi connectivity index (χ1n) is 7.12. The summed E-state index contributed by atoms with van der Waals surface area (Å²) in [5.74, 6) is 1.06. The zero-order valence-electron chi connectivity index (χ0n) is 12.0. The Morgan fingerprint density at radius 3 is 2.86 bits per heavy atom. The van der Waals surface area contributed by atoms with E-state index in [-0.39, 0.29) is 5.91 Å². The summed E-state index contributed by atoms with van der Waals surface area (Å²) in [5.41, 5.74) is 1.74. The lowest BCUT2D eigenvalue weighted by Gasteiger charge is -2.16. The lowest BCUT2D eigenvalue weighted by molar-refractivity contribution is 0.0784. The van der Waals surface area contributed by atoms with Crippen molar-refractivity contribution in [1.29, 1.82) is 0 Å². The Kier molecular flexibility index (Phi) is 3.86. The maximum absolute atomic E-state index is 12.5. The van der Waals surface area contributed by atoms with Crippen LogP contribution in [0, 0.1) is 0 Å². The molecule has 0 bridgehead atoms. The Hall–Kier alpha value is -2.36. The van der Waals surface area contributed by atoms with Crippen LogP contribution in [0.1, 0.15) is 28.4 Å². The van der Waals surface area contributed by atoms with E-state index in [0.29, 0.717) is 17.4 Å². The summed E-state index contributed by atoms with van der Waals surface area (Å²) < 4.78 is 5.15. The second-order valence-corrected chi connectivity index (χ2v) is 5.23. The lowest BCUT2D eigenvalue weighted by atomic mass is 9.99. The molecule has 0 radical (unpaired) electrons. The monoisotopic (exact) mass is 282 g/mol. The van der Waals surface area contributed by atoms with Crippen molar-refractivity contribution in [2.75, 3.05) is 20.2 Å². The van der Waals surface area contributed by atoms with Crippen LogP contribution in [0.4, 0.5) is 0 Å². The van der Waals surface area contributed by atoms with E-state index in [2.05, 4.69) is 17.1 Å². The highest BCUT2D eigenvalue weighted by Crippen LogP contribution is 2.28. The standard InChI is InChI=1S/C17H18N2O2/c1-21-15-7-9-18-16(11-15)17(20)19-10-8-14(12-19)13-5-3-2-4-6-13/h2-7,9,11,14H,8,10,12H2,1H3. The maximum atomic E-state index is 12.5. The number of likely N-dealkylation sites (tertiary alicyclic amines) is 1. The average molecular weight is 282 g/mol. The number of benzene rings is 1. The number of nitrogens with zero attached hydrogens (tertiary/aromatic N) is 2. The molecule has 4 nitrogen and oxygen atoms in total. The second kappa shape index (κ2) is 5.95. The summed E-state index contributed by atoms with van der Waals surface area (Å²) in [6.07, 6.45) is 2.61. The molecule has 21 heavy (non-hydrogen) atoms. The van der Waals surface area contributed by atoms with Crippen LogP contribution in [0.25, 0.3) is 0 Å². The number of carbonyl (C=O) groups is 1. The second-order valence-electron chi connectivity index (χ2n) is 5.23. The molecule has 1 aromatic carbocycles. The smallest absolute Gasteiger partial charge is 0.272 e. The molecule has 3 rings (SSSR count). The third kappa shape index (κ3) is 2.89. The van der Waals surface area contributed by atoms with Gasteiger partial charge in [-0.15, -0.1) is 0 Å². The molecule has 1 aliphatic heterocycles. The SMILES string of the molecule is COc1ccnc(C(=O)N2CCC(c3ccccc3)C2)c1. The molecule has 1 fully saturated rings. The van der Waals surface area contributed by atoms with Crippen molar-refractivity contribution in [2.24, 2.45) is 0 Å². The van der Waals surface area contributed by atoms with Crippen molar-refractivity contribution < 1.29 is 9.53 Å². The highest BCUT2D eigenvalue weighted by molar-refractivity contribution is 5.92. The molecule has 0 saturated carbocycles. The minimum atomic E-state index is -0.0210. The van der Waals surface area contributed by atoms with Gasteiger partial charge in [0.05, 0.1) is 7.11 Å². The first-order valence-corrected chi connectivity index (χ1v) is 7.12. The summed E-state index contributed by atoms with van der Waals surface area (Å²) in [6.45, 7) is 1.53. The molecule has 2 heterocycles. The van der Waals surface area contributed by atoms with Crippen LogP contribution in [-0.2, 0) is 0 Å². The predicted molar refractivity (Wildman–Crippen MR) is 80.5 cm³/mol. The topological polar surface area (TPSA) is 42.4 Å². The van der Waals surface area contributed by atoms with Gasteiger partial charge < -0.3 is 9.64 Å². The van der Waals surface area contributed by atoms with E-state index in [9.17, 15) is 4.79 Å². The third-order valence-corrected chi connectivity index (χ3v) is 3.93. The summed E-state index contributed by atoms with van der Waals surface area (Å²) in [6, 6.07) is 13.8. The number of pyridine rings is 1. The predicted octanol–water partition coefficient (Wildman–Crippen LogP) is 2.72. The molecule has 1 unspecified atom stereocenters. The Morgan fingerprint density at radius 2 is 2.10 bits per heavy atom. The molecular formula is C17H18N2O2. The van der Waals surface area contributed by atoms with Crippen LogP contribution in [0.5, 0.6) is 5.75 Å². The highest BCUT2D eigenvalue weighted by Gasteiger charge is 2.28. The fraction of sp³-hybridized carbons (Fsp3) is 0.294. The number of carbonyl (C=O) groups excluding carboxylic acids is 1. The Labute approximate surface area is 124 Å². The van der Waals surface area contributed by atoms with Crippen molar-refractivity contribution in [2.45, 2.75) is 12.3 Å². The first-order chi connectivity index (χ1) is 10.3. The molecule has 1 amide bonds. The molecule has 108 valence electrons. The van der Waals surface area contributed by atoms with Gasteiger partial charge in [-0.05, 0) is 18.1 Å². The van der Waals surface area contributed by atoms with Crippen LogP contribution in [-0.4, -0.2) is 36.0 Å². The molecule has 1 saturated heterocycles. The summed E-state index contributed by atoms with van der Waals surface area (Å²) in [4.78, 5) is 18.5. The number of aromatic nitrogens is 1. The van der Waals surface area contributed by atoms with Crippen molar-refractivity contribution >= 4 is 5.91 Å². The number of ether oxygens (including phenoxy) is 1. The van der Waals surface area contributed by atoms with Crippen LogP contribution >= 0.6 is 0 Å². The van der Waals surface area contributed by atoms with Gasteiger partial charge in [-0.2, -0.15) is 0 Å². The normalized spacial score (nSPS) is 17.8. The minimum absolute atomic E-state index is 0.0210. The third-order valence-electron chi connectivity index (χ3n) is 3.93. The van der Waals surface area contributed by atoms with Crippen LogP contribution in [0.2, 0.25) is 0 Å². The Bertz CT molecular complexity index is 628. The van der Waals surface area contributed by atoms with E-state index < -0.39 is 0 Å². The van der Waals surface area contributed by atoms with Gasteiger partial charge in [0.1, 0.15) is 11.4 Å². The van der Waals surface area contributed by atoms with Gasteiger partial charge in [-0.25, -0.2) is 0 Å². The first kappa shape index (κ1) is 13.6. The van der Waals surface area contributed by atoms with Gasteiger partial charge in [-0.1, -0.05) is 30.3 Å². The molecule has 0 N–H and O–H groups in total. The highest BCUT2D eigenvalue weighted by atomic mass is 16.5. The molecule has 1 atom stereocenters. The number of hydrogen-bond donors (Lipinski definition) is 0. The zero-order chi connectivity index (χ0) is 14.7. The molecule has 0 aliphatic carbocycles. The Morgan fingerprint density at radius 1 is 1.29 bits per heavy atom.